The lowest BCUT2D eigenvalue weighted by Gasteiger charge is -2.23. The number of hydrogen-bond donors (Lipinski definition) is 2. The average Bonchev–Trinajstić information content (AvgIpc) is 2.95. The van der Waals surface area contributed by atoms with Gasteiger partial charge in [0.2, 0.25) is 0 Å². The minimum atomic E-state index is -1.02. The number of rotatable bonds is 3. The lowest BCUT2D eigenvalue weighted by Crippen LogP contribution is -2.26. The van der Waals surface area contributed by atoms with Crippen LogP contribution in [0.2, 0.25) is 0 Å². The maximum Gasteiger partial charge on any atom is 0.337 e. The fourth-order valence-corrected chi connectivity index (χ4v) is 3.28. The molecule has 0 spiro atoms. The highest BCUT2D eigenvalue weighted by molar-refractivity contribution is 6.00. The first kappa shape index (κ1) is 13.0. The topological polar surface area (TPSA) is 75.1 Å². The first-order chi connectivity index (χ1) is 9.50. The number of hydrogen-bond acceptors (Lipinski definition) is 2. The number of aromatic amines is 1. The number of para-hydroxylation sites is 1. The molecule has 1 heterocycles. The van der Waals surface area contributed by atoms with Gasteiger partial charge in [-0.05, 0) is 30.4 Å². The van der Waals surface area contributed by atoms with Crippen molar-refractivity contribution in [1.29, 1.82) is 0 Å². The molecule has 106 valence electrons. The van der Waals surface area contributed by atoms with Crippen LogP contribution in [0.15, 0.2) is 23.0 Å². The Labute approximate surface area is 116 Å². The van der Waals surface area contributed by atoms with Crippen molar-refractivity contribution in [3.05, 3.63) is 34.2 Å². The summed E-state index contributed by atoms with van der Waals surface area (Å²) < 4.78 is 1.69. The van der Waals surface area contributed by atoms with E-state index < -0.39 is 5.97 Å². The maximum absolute atomic E-state index is 12.2. The Hall–Kier alpha value is -2.04. The van der Waals surface area contributed by atoms with Crippen LogP contribution in [-0.2, 0) is 6.54 Å². The predicted octanol–water partition coefficient (Wildman–Crippen LogP) is 2.61. The molecule has 0 atom stereocenters. The van der Waals surface area contributed by atoms with Crippen LogP contribution in [0.1, 0.15) is 43.0 Å². The van der Waals surface area contributed by atoms with E-state index >= 15 is 0 Å². The molecular formula is C15H18N2O3. The number of nitrogens with zero attached hydrogens (tertiary/aromatic N) is 1. The molecule has 5 heteroatoms. The zero-order chi connectivity index (χ0) is 14.3. The second-order valence-corrected chi connectivity index (χ2v) is 6.04. The molecule has 0 amide bonds. The van der Waals surface area contributed by atoms with Crippen molar-refractivity contribution in [3.8, 4) is 0 Å². The molecule has 0 saturated heterocycles. The smallest absolute Gasteiger partial charge is 0.337 e. The molecule has 1 aromatic heterocycles. The van der Waals surface area contributed by atoms with E-state index in [1.165, 1.54) is 18.9 Å². The summed E-state index contributed by atoms with van der Waals surface area (Å²) in [7, 11) is 0. The quantitative estimate of drug-likeness (QED) is 0.903. The first-order valence-electron chi connectivity index (χ1n) is 6.95. The van der Waals surface area contributed by atoms with Crippen LogP contribution in [0.5, 0.6) is 0 Å². The second kappa shape index (κ2) is 4.51. The van der Waals surface area contributed by atoms with Crippen LogP contribution in [0, 0.1) is 5.41 Å². The molecule has 5 nitrogen and oxygen atoms in total. The molecule has 0 radical (unpaired) electrons. The summed E-state index contributed by atoms with van der Waals surface area (Å²) in [5, 5.41) is 9.19. The standard InChI is InChI=1S/C15H18N2O3/c1-15(7-2-3-8-15)9-17-11-6-4-5-10(13(18)19)12(11)16-14(17)20/h4-6H,2-3,7-9H2,1H3,(H,16,20)(H,18,19). The molecule has 1 aliphatic rings. The Bertz CT molecular complexity index is 720. The van der Waals surface area contributed by atoms with Crippen LogP contribution in [0.25, 0.3) is 11.0 Å². The third-order valence-corrected chi connectivity index (χ3v) is 4.39. The highest BCUT2D eigenvalue weighted by Gasteiger charge is 2.30. The summed E-state index contributed by atoms with van der Waals surface area (Å²) in [6.45, 7) is 2.85. The largest absolute Gasteiger partial charge is 0.478 e. The van der Waals surface area contributed by atoms with Crippen LogP contribution < -0.4 is 5.69 Å². The molecule has 1 aromatic carbocycles. The summed E-state index contributed by atoms with van der Waals surface area (Å²) in [6.07, 6.45) is 4.64. The molecule has 0 bridgehead atoms. The van der Waals surface area contributed by atoms with Gasteiger partial charge in [0.1, 0.15) is 0 Å². The minimum Gasteiger partial charge on any atom is -0.478 e. The van der Waals surface area contributed by atoms with E-state index in [1.807, 2.05) is 0 Å². The average molecular weight is 274 g/mol. The van der Waals surface area contributed by atoms with Crippen LogP contribution >= 0.6 is 0 Å². The van der Waals surface area contributed by atoms with Gasteiger partial charge in [0, 0.05) is 6.54 Å². The first-order valence-corrected chi connectivity index (χ1v) is 6.95. The third-order valence-electron chi connectivity index (χ3n) is 4.39. The number of imidazole rings is 1. The van der Waals surface area contributed by atoms with E-state index in [2.05, 4.69) is 11.9 Å². The van der Waals surface area contributed by atoms with E-state index in [0.29, 0.717) is 17.6 Å². The van der Waals surface area contributed by atoms with Gasteiger partial charge in [-0.3, -0.25) is 4.57 Å². The molecule has 0 unspecified atom stereocenters. The van der Waals surface area contributed by atoms with Crippen LogP contribution in [0.3, 0.4) is 0 Å². The summed E-state index contributed by atoms with van der Waals surface area (Å²) in [6, 6.07) is 5.01. The number of aromatic carboxylic acids is 1. The predicted molar refractivity (Wildman–Crippen MR) is 76.1 cm³/mol. The van der Waals surface area contributed by atoms with Gasteiger partial charge in [0.25, 0.3) is 0 Å². The van der Waals surface area contributed by atoms with Crippen molar-refractivity contribution in [2.24, 2.45) is 5.41 Å². The van der Waals surface area contributed by atoms with Gasteiger partial charge >= 0.3 is 11.7 Å². The zero-order valence-electron chi connectivity index (χ0n) is 11.5. The van der Waals surface area contributed by atoms with Crippen molar-refractivity contribution >= 4 is 17.0 Å². The summed E-state index contributed by atoms with van der Waals surface area (Å²) >= 11 is 0. The highest BCUT2D eigenvalue weighted by atomic mass is 16.4. The van der Waals surface area contributed by atoms with Crippen molar-refractivity contribution in [3.63, 3.8) is 0 Å². The molecule has 2 aromatic rings. The number of aromatic nitrogens is 2. The molecule has 1 aliphatic carbocycles. The number of carboxylic acid groups (broad SMARTS) is 1. The second-order valence-electron chi connectivity index (χ2n) is 6.04. The number of nitrogens with one attached hydrogen (secondary N) is 1. The fraction of sp³-hybridized carbons (Fsp3) is 0.467. The minimum absolute atomic E-state index is 0.137. The molecular weight excluding hydrogens is 256 g/mol. The normalized spacial score (nSPS) is 17.6. The Morgan fingerprint density at radius 1 is 1.40 bits per heavy atom. The number of benzene rings is 1. The third kappa shape index (κ3) is 2.03. The Morgan fingerprint density at radius 3 is 2.75 bits per heavy atom. The maximum atomic E-state index is 12.2. The summed E-state index contributed by atoms with van der Waals surface area (Å²) in [5.74, 6) is -1.02. The molecule has 20 heavy (non-hydrogen) atoms. The van der Waals surface area contributed by atoms with Gasteiger partial charge < -0.3 is 10.1 Å². The van der Waals surface area contributed by atoms with E-state index in [9.17, 15) is 14.7 Å². The molecule has 3 rings (SSSR count). The Balaban J connectivity index is 2.12. The van der Waals surface area contributed by atoms with E-state index in [1.54, 1.807) is 16.7 Å². The zero-order valence-corrected chi connectivity index (χ0v) is 11.5. The van der Waals surface area contributed by atoms with Gasteiger partial charge in [-0.25, -0.2) is 9.59 Å². The number of carboxylic acids is 1. The fourth-order valence-electron chi connectivity index (χ4n) is 3.28. The van der Waals surface area contributed by atoms with Gasteiger partial charge in [0.15, 0.2) is 0 Å². The Kier molecular flexibility index (Phi) is 2.92. The summed E-state index contributed by atoms with van der Waals surface area (Å²) in [4.78, 5) is 26.1. The number of H-pyrrole nitrogens is 1. The van der Waals surface area contributed by atoms with E-state index in [-0.39, 0.29) is 16.7 Å². The van der Waals surface area contributed by atoms with E-state index in [4.69, 9.17) is 0 Å². The Morgan fingerprint density at radius 2 is 2.10 bits per heavy atom. The van der Waals surface area contributed by atoms with Gasteiger partial charge in [-0.1, -0.05) is 25.8 Å². The van der Waals surface area contributed by atoms with Crippen LogP contribution in [0.4, 0.5) is 0 Å². The molecule has 1 saturated carbocycles. The monoisotopic (exact) mass is 274 g/mol. The molecule has 2 N–H and O–H groups in total. The van der Waals surface area contributed by atoms with E-state index in [0.717, 1.165) is 12.8 Å². The SMILES string of the molecule is CC1(Cn2c(=O)[nH]c3c(C(=O)O)cccc32)CCCC1. The summed E-state index contributed by atoms with van der Waals surface area (Å²) in [5.41, 5.74) is 1.17. The lowest BCUT2D eigenvalue weighted by molar-refractivity contribution is 0.0699. The molecule has 0 aliphatic heterocycles. The number of carbonyl (C=O) groups is 1. The van der Waals surface area contributed by atoms with Crippen molar-refractivity contribution < 1.29 is 9.90 Å². The van der Waals surface area contributed by atoms with Crippen molar-refractivity contribution in [1.82, 2.24) is 9.55 Å². The highest BCUT2D eigenvalue weighted by Crippen LogP contribution is 2.39. The van der Waals surface area contributed by atoms with Gasteiger partial charge in [-0.2, -0.15) is 0 Å². The van der Waals surface area contributed by atoms with Crippen LogP contribution in [-0.4, -0.2) is 20.6 Å². The van der Waals surface area contributed by atoms with Gasteiger partial charge in [0.05, 0.1) is 16.6 Å². The number of fused-ring (bicyclic) bond motifs is 1. The van der Waals surface area contributed by atoms with Crippen molar-refractivity contribution in [2.75, 3.05) is 0 Å². The lowest BCUT2D eigenvalue weighted by atomic mass is 9.89. The molecule has 1 fully saturated rings. The van der Waals surface area contributed by atoms with Crippen molar-refractivity contribution in [2.45, 2.75) is 39.2 Å². The van der Waals surface area contributed by atoms with Gasteiger partial charge in [-0.15, -0.1) is 0 Å².